The summed E-state index contributed by atoms with van der Waals surface area (Å²) in [4.78, 5) is 4.57. The van der Waals surface area contributed by atoms with Gasteiger partial charge in [0.05, 0.1) is 12.8 Å². The minimum atomic E-state index is 0.0120. The van der Waals surface area contributed by atoms with E-state index >= 15 is 0 Å². The fraction of sp³-hybridized carbons (Fsp3) is 0.389. The molecule has 0 spiro atoms. The number of hydrogen-bond acceptors (Lipinski definition) is 3. The number of ether oxygens (including phenoxy) is 1. The molecule has 0 fully saturated rings. The Morgan fingerprint density at radius 3 is 2.70 bits per heavy atom. The van der Waals surface area contributed by atoms with Gasteiger partial charge in [-0.2, -0.15) is 0 Å². The zero-order valence-corrected chi connectivity index (χ0v) is 13.8. The van der Waals surface area contributed by atoms with Crippen molar-refractivity contribution in [3.63, 3.8) is 0 Å². The average Bonchev–Trinajstić information content (AvgIpc) is 3.07. The zero-order chi connectivity index (χ0) is 16.3. The number of guanidine groups is 1. The van der Waals surface area contributed by atoms with Gasteiger partial charge in [0.2, 0.25) is 0 Å². The molecule has 2 rings (SSSR count). The van der Waals surface area contributed by atoms with E-state index < -0.39 is 0 Å². The third-order valence-corrected chi connectivity index (χ3v) is 3.18. The van der Waals surface area contributed by atoms with Crippen LogP contribution in [0.15, 0.2) is 58.1 Å². The monoisotopic (exact) mass is 315 g/mol. The van der Waals surface area contributed by atoms with Crippen LogP contribution in [0, 0.1) is 0 Å². The van der Waals surface area contributed by atoms with Crippen LogP contribution in [-0.2, 0) is 6.42 Å². The fourth-order valence-corrected chi connectivity index (χ4v) is 2.09. The lowest BCUT2D eigenvalue weighted by molar-refractivity contribution is 0.230. The van der Waals surface area contributed by atoms with E-state index in [0.29, 0.717) is 6.54 Å². The van der Waals surface area contributed by atoms with Crippen molar-refractivity contribution < 1.29 is 9.15 Å². The summed E-state index contributed by atoms with van der Waals surface area (Å²) in [5, 5.41) is 6.54. The van der Waals surface area contributed by atoms with E-state index in [1.807, 2.05) is 56.3 Å². The molecule has 5 nitrogen and oxygen atoms in total. The Morgan fingerprint density at radius 2 is 2.00 bits per heavy atom. The van der Waals surface area contributed by atoms with Gasteiger partial charge in [0.1, 0.15) is 17.6 Å². The number of hydrogen-bond donors (Lipinski definition) is 2. The van der Waals surface area contributed by atoms with Crippen LogP contribution in [0.5, 0.6) is 5.75 Å². The third kappa shape index (κ3) is 6.46. The Labute approximate surface area is 137 Å². The van der Waals surface area contributed by atoms with Crippen LogP contribution in [0.3, 0.4) is 0 Å². The largest absolute Gasteiger partial charge is 0.489 e. The van der Waals surface area contributed by atoms with E-state index in [1.165, 1.54) is 0 Å². The van der Waals surface area contributed by atoms with Crippen molar-refractivity contribution in [3.8, 4) is 5.75 Å². The Kier molecular flexibility index (Phi) is 7.04. The second kappa shape index (κ2) is 9.56. The molecule has 0 aliphatic carbocycles. The van der Waals surface area contributed by atoms with E-state index in [0.717, 1.165) is 37.0 Å². The number of benzene rings is 1. The summed E-state index contributed by atoms with van der Waals surface area (Å²) in [6.45, 7) is 6.25. The Balaban J connectivity index is 1.77. The minimum absolute atomic E-state index is 0.0120. The van der Waals surface area contributed by atoms with Crippen LogP contribution in [0.4, 0.5) is 0 Å². The van der Waals surface area contributed by atoms with Crippen molar-refractivity contribution in [2.45, 2.75) is 26.4 Å². The molecule has 5 heteroatoms. The van der Waals surface area contributed by atoms with Crippen molar-refractivity contribution >= 4 is 5.96 Å². The number of nitrogens with one attached hydrogen (secondary N) is 2. The molecule has 23 heavy (non-hydrogen) atoms. The van der Waals surface area contributed by atoms with Crippen LogP contribution < -0.4 is 15.4 Å². The number of aliphatic imine (C=N–C) groups is 1. The highest BCUT2D eigenvalue weighted by molar-refractivity contribution is 5.79. The third-order valence-electron chi connectivity index (χ3n) is 3.18. The summed E-state index contributed by atoms with van der Waals surface area (Å²) in [5.74, 6) is 2.63. The molecule has 1 unspecified atom stereocenters. The van der Waals surface area contributed by atoms with Crippen LogP contribution in [0.1, 0.15) is 19.6 Å². The lowest BCUT2D eigenvalue weighted by atomic mass is 10.3. The van der Waals surface area contributed by atoms with Gasteiger partial charge < -0.3 is 19.8 Å². The van der Waals surface area contributed by atoms with E-state index in [-0.39, 0.29) is 6.10 Å². The van der Waals surface area contributed by atoms with E-state index in [4.69, 9.17) is 9.15 Å². The molecule has 0 aliphatic rings. The van der Waals surface area contributed by atoms with Gasteiger partial charge in [0.25, 0.3) is 0 Å². The SMILES string of the molecule is CCNC(=NCC(C)Oc1ccccc1)NCCc1ccco1. The number of furan rings is 1. The average molecular weight is 315 g/mol. The number of para-hydroxylation sites is 1. The van der Waals surface area contributed by atoms with E-state index in [2.05, 4.69) is 15.6 Å². The summed E-state index contributed by atoms with van der Waals surface area (Å²) in [7, 11) is 0. The first kappa shape index (κ1) is 16.9. The van der Waals surface area contributed by atoms with Gasteiger partial charge in [-0.1, -0.05) is 18.2 Å². The molecule has 0 radical (unpaired) electrons. The first-order valence-corrected chi connectivity index (χ1v) is 8.04. The Hall–Kier alpha value is -2.43. The smallest absolute Gasteiger partial charge is 0.191 e. The predicted molar refractivity (Wildman–Crippen MR) is 92.9 cm³/mol. The van der Waals surface area contributed by atoms with Gasteiger partial charge in [-0.15, -0.1) is 0 Å². The van der Waals surface area contributed by atoms with E-state index in [9.17, 15) is 0 Å². The lowest BCUT2D eigenvalue weighted by Gasteiger charge is -2.15. The van der Waals surface area contributed by atoms with Crippen molar-refractivity contribution in [2.75, 3.05) is 19.6 Å². The molecular formula is C18H25N3O2. The number of rotatable bonds is 8. The van der Waals surface area contributed by atoms with Crippen LogP contribution in [0.2, 0.25) is 0 Å². The predicted octanol–water partition coefficient (Wildman–Crippen LogP) is 2.84. The molecular weight excluding hydrogens is 290 g/mol. The quantitative estimate of drug-likeness (QED) is 0.581. The van der Waals surface area contributed by atoms with Crippen LogP contribution in [0.25, 0.3) is 0 Å². The first-order chi connectivity index (χ1) is 11.3. The highest BCUT2D eigenvalue weighted by atomic mass is 16.5. The van der Waals surface area contributed by atoms with Gasteiger partial charge in [0.15, 0.2) is 5.96 Å². The molecule has 1 aromatic heterocycles. The summed E-state index contributed by atoms with van der Waals surface area (Å²) in [6, 6.07) is 13.7. The standard InChI is InChI=1S/C18H25N3O2/c1-3-19-18(20-12-11-16-10-7-13-22-16)21-14-15(2)23-17-8-5-4-6-9-17/h4-10,13,15H,3,11-12,14H2,1-2H3,(H2,19,20,21). The van der Waals surface area contributed by atoms with Crippen molar-refractivity contribution in [2.24, 2.45) is 4.99 Å². The maximum Gasteiger partial charge on any atom is 0.191 e. The second-order valence-corrected chi connectivity index (χ2v) is 5.22. The van der Waals surface area contributed by atoms with Gasteiger partial charge in [-0.3, -0.25) is 0 Å². The summed E-state index contributed by atoms with van der Waals surface area (Å²) in [6.07, 6.45) is 2.53. The van der Waals surface area contributed by atoms with Gasteiger partial charge in [-0.05, 0) is 38.1 Å². The summed E-state index contributed by atoms with van der Waals surface area (Å²) < 4.78 is 11.1. The normalized spacial score (nSPS) is 12.7. The molecule has 0 saturated heterocycles. The molecule has 2 N–H and O–H groups in total. The molecule has 1 aromatic carbocycles. The molecule has 1 heterocycles. The first-order valence-electron chi connectivity index (χ1n) is 8.04. The molecule has 0 amide bonds. The maximum atomic E-state index is 5.83. The van der Waals surface area contributed by atoms with Crippen molar-refractivity contribution in [3.05, 3.63) is 54.5 Å². The van der Waals surface area contributed by atoms with Crippen LogP contribution >= 0.6 is 0 Å². The number of nitrogens with zero attached hydrogens (tertiary/aromatic N) is 1. The van der Waals surface area contributed by atoms with Gasteiger partial charge in [0, 0.05) is 19.5 Å². The molecule has 1 atom stereocenters. The summed E-state index contributed by atoms with van der Waals surface area (Å²) in [5.41, 5.74) is 0. The zero-order valence-electron chi connectivity index (χ0n) is 13.8. The van der Waals surface area contributed by atoms with Gasteiger partial charge >= 0.3 is 0 Å². The van der Waals surface area contributed by atoms with Gasteiger partial charge in [-0.25, -0.2) is 4.99 Å². The summed E-state index contributed by atoms with van der Waals surface area (Å²) >= 11 is 0. The van der Waals surface area contributed by atoms with E-state index in [1.54, 1.807) is 6.26 Å². The molecule has 0 saturated carbocycles. The Bertz CT molecular complexity index is 567. The second-order valence-electron chi connectivity index (χ2n) is 5.22. The molecule has 124 valence electrons. The van der Waals surface area contributed by atoms with Crippen molar-refractivity contribution in [1.82, 2.24) is 10.6 Å². The maximum absolute atomic E-state index is 5.83. The topological polar surface area (TPSA) is 58.8 Å². The minimum Gasteiger partial charge on any atom is -0.489 e. The van der Waals surface area contributed by atoms with Crippen molar-refractivity contribution in [1.29, 1.82) is 0 Å². The highest BCUT2D eigenvalue weighted by Gasteiger charge is 2.04. The molecule has 0 bridgehead atoms. The Morgan fingerprint density at radius 1 is 1.17 bits per heavy atom. The highest BCUT2D eigenvalue weighted by Crippen LogP contribution is 2.10. The molecule has 0 aliphatic heterocycles. The fourth-order valence-electron chi connectivity index (χ4n) is 2.09. The molecule has 2 aromatic rings. The van der Waals surface area contributed by atoms with Crippen LogP contribution in [-0.4, -0.2) is 31.7 Å². The lowest BCUT2D eigenvalue weighted by Crippen LogP contribution is -2.39.